The second-order valence-electron chi connectivity index (χ2n) is 4.37. The molecule has 0 unspecified atom stereocenters. The highest BCUT2D eigenvalue weighted by molar-refractivity contribution is 6.18. The van der Waals surface area contributed by atoms with Crippen LogP contribution in [0.2, 0.25) is 0 Å². The van der Waals surface area contributed by atoms with Crippen LogP contribution in [0.15, 0.2) is 6.07 Å². The maximum Gasteiger partial charge on any atom is 0.270 e. The number of nitrogens with zero attached hydrogens (tertiary/aromatic N) is 2. The summed E-state index contributed by atoms with van der Waals surface area (Å²) in [7, 11) is 1.77. The molecule has 1 heterocycles. The van der Waals surface area contributed by atoms with E-state index in [1.807, 2.05) is 20.8 Å². The number of nitrogens with one attached hydrogen (secondary N) is 1. The first-order chi connectivity index (χ1) is 7.98. The average molecular weight is 258 g/mol. The van der Waals surface area contributed by atoms with E-state index in [1.54, 1.807) is 17.8 Å². The monoisotopic (exact) mass is 257 g/mol. The Bertz CT molecular complexity index is 388. The zero-order valence-electron chi connectivity index (χ0n) is 10.9. The van der Waals surface area contributed by atoms with Gasteiger partial charge in [-0.05, 0) is 25.8 Å². The van der Waals surface area contributed by atoms with Gasteiger partial charge in [0.1, 0.15) is 5.69 Å². The van der Waals surface area contributed by atoms with Gasteiger partial charge in [0.25, 0.3) is 5.91 Å². The van der Waals surface area contributed by atoms with Gasteiger partial charge < -0.3 is 5.32 Å². The van der Waals surface area contributed by atoms with E-state index in [-0.39, 0.29) is 11.4 Å². The van der Waals surface area contributed by atoms with Crippen molar-refractivity contribution in [3.8, 4) is 0 Å². The minimum atomic E-state index is -0.323. The minimum absolute atomic E-state index is 0.113. The molecule has 0 bridgehead atoms. The molecule has 0 atom stereocenters. The number of aryl methyl sites for hydroxylation is 2. The maximum atomic E-state index is 12.1. The lowest BCUT2D eigenvalue weighted by atomic mass is 9.95. The third-order valence-electron chi connectivity index (χ3n) is 3.22. The maximum absolute atomic E-state index is 12.1. The molecule has 4 nitrogen and oxygen atoms in total. The van der Waals surface area contributed by atoms with Crippen LogP contribution in [-0.2, 0) is 7.05 Å². The predicted octanol–water partition coefficient (Wildman–Crippen LogP) is 2.26. The van der Waals surface area contributed by atoms with Crippen LogP contribution in [-0.4, -0.2) is 27.1 Å². The lowest BCUT2D eigenvalue weighted by molar-refractivity contribution is 0.0893. The van der Waals surface area contributed by atoms with Crippen LogP contribution in [0.25, 0.3) is 0 Å². The van der Waals surface area contributed by atoms with Gasteiger partial charge in [-0.2, -0.15) is 5.10 Å². The second kappa shape index (κ2) is 5.54. The summed E-state index contributed by atoms with van der Waals surface area (Å²) in [6.07, 6.45) is 1.63. The number of rotatable bonds is 5. The Morgan fingerprint density at radius 1 is 1.53 bits per heavy atom. The van der Waals surface area contributed by atoms with Gasteiger partial charge in [-0.3, -0.25) is 9.48 Å². The van der Waals surface area contributed by atoms with Crippen molar-refractivity contribution < 1.29 is 4.79 Å². The fourth-order valence-electron chi connectivity index (χ4n) is 1.78. The normalized spacial score (nSPS) is 11.6. The van der Waals surface area contributed by atoms with Crippen molar-refractivity contribution >= 4 is 17.5 Å². The summed E-state index contributed by atoms with van der Waals surface area (Å²) < 4.78 is 1.59. The summed E-state index contributed by atoms with van der Waals surface area (Å²) in [5, 5.41) is 7.18. The van der Waals surface area contributed by atoms with Gasteiger partial charge in [0.2, 0.25) is 0 Å². The van der Waals surface area contributed by atoms with Gasteiger partial charge in [0.05, 0.1) is 11.2 Å². The summed E-state index contributed by atoms with van der Waals surface area (Å²) in [6, 6.07) is 1.78. The van der Waals surface area contributed by atoms with Crippen molar-refractivity contribution in [2.24, 2.45) is 7.05 Å². The largest absolute Gasteiger partial charge is 0.344 e. The SMILES string of the molecule is CCC(CC)(CCl)NC(=O)c1cc(C)nn1C. The quantitative estimate of drug-likeness (QED) is 0.823. The number of hydrogen-bond acceptors (Lipinski definition) is 2. The Labute approximate surface area is 107 Å². The van der Waals surface area contributed by atoms with Crippen molar-refractivity contribution in [3.63, 3.8) is 0 Å². The van der Waals surface area contributed by atoms with Crippen LogP contribution < -0.4 is 5.32 Å². The first-order valence-corrected chi connectivity index (χ1v) is 6.40. The van der Waals surface area contributed by atoms with E-state index in [9.17, 15) is 4.79 Å². The van der Waals surface area contributed by atoms with E-state index in [2.05, 4.69) is 10.4 Å². The number of carbonyl (C=O) groups excluding carboxylic acids is 1. The Morgan fingerprint density at radius 3 is 2.47 bits per heavy atom. The van der Waals surface area contributed by atoms with Gasteiger partial charge in [0, 0.05) is 12.9 Å². The molecule has 1 aromatic rings. The molecule has 0 saturated heterocycles. The van der Waals surface area contributed by atoms with Crippen molar-refractivity contribution in [1.82, 2.24) is 15.1 Å². The van der Waals surface area contributed by atoms with Gasteiger partial charge in [0.15, 0.2) is 0 Å². The van der Waals surface area contributed by atoms with Crippen molar-refractivity contribution in [3.05, 3.63) is 17.5 Å². The molecule has 96 valence electrons. The Morgan fingerprint density at radius 2 is 2.12 bits per heavy atom. The van der Waals surface area contributed by atoms with Crippen molar-refractivity contribution in [2.75, 3.05) is 5.88 Å². The third-order valence-corrected chi connectivity index (χ3v) is 3.73. The zero-order valence-corrected chi connectivity index (χ0v) is 11.6. The van der Waals surface area contributed by atoms with Crippen LogP contribution >= 0.6 is 11.6 Å². The Hall–Kier alpha value is -1.03. The fraction of sp³-hybridized carbons (Fsp3) is 0.667. The van der Waals surface area contributed by atoms with Gasteiger partial charge >= 0.3 is 0 Å². The van der Waals surface area contributed by atoms with Crippen LogP contribution in [0.4, 0.5) is 0 Å². The highest BCUT2D eigenvalue weighted by Crippen LogP contribution is 2.18. The molecular formula is C12H20ClN3O. The molecule has 1 rings (SSSR count). The summed E-state index contributed by atoms with van der Waals surface area (Å²) in [6.45, 7) is 5.92. The summed E-state index contributed by atoms with van der Waals surface area (Å²) in [5.74, 6) is 0.306. The molecule has 1 aromatic heterocycles. The molecule has 1 amide bonds. The van der Waals surface area contributed by atoms with E-state index in [0.717, 1.165) is 18.5 Å². The fourth-order valence-corrected chi connectivity index (χ4v) is 2.22. The van der Waals surface area contributed by atoms with Crippen LogP contribution in [0.1, 0.15) is 42.9 Å². The molecule has 0 aliphatic carbocycles. The van der Waals surface area contributed by atoms with Crippen molar-refractivity contribution in [2.45, 2.75) is 39.2 Å². The van der Waals surface area contributed by atoms with E-state index in [4.69, 9.17) is 11.6 Å². The number of carbonyl (C=O) groups is 1. The molecule has 5 heteroatoms. The summed E-state index contributed by atoms with van der Waals surface area (Å²) >= 11 is 5.96. The smallest absolute Gasteiger partial charge is 0.270 e. The zero-order chi connectivity index (χ0) is 13.1. The van der Waals surface area contributed by atoms with Crippen LogP contribution in [0.3, 0.4) is 0 Å². The number of amides is 1. The first-order valence-electron chi connectivity index (χ1n) is 5.87. The minimum Gasteiger partial charge on any atom is -0.344 e. The van der Waals surface area contributed by atoms with Gasteiger partial charge in [-0.25, -0.2) is 0 Å². The second-order valence-corrected chi connectivity index (χ2v) is 4.64. The van der Waals surface area contributed by atoms with Gasteiger partial charge in [-0.15, -0.1) is 11.6 Å². The molecule has 0 aliphatic heterocycles. The van der Waals surface area contributed by atoms with E-state index < -0.39 is 0 Å². The molecule has 1 N–H and O–H groups in total. The van der Waals surface area contributed by atoms with Crippen molar-refractivity contribution in [1.29, 1.82) is 0 Å². The number of alkyl halides is 1. The standard InChI is InChI=1S/C12H20ClN3O/c1-5-12(6-2,8-13)14-11(17)10-7-9(3)15-16(10)4/h7H,5-6,8H2,1-4H3,(H,14,17). The lowest BCUT2D eigenvalue weighted by Gasteiger charge is -2.30. The van der Waals surface area contributed by atoms with Crippen LogP contribution in [0.5, 0.6) is 0 Å². The highest BCUT2D eigenvalue weighted by Gasteiger charge is 2.28. The molecule has 0 spiro atoms. The molecule has 0 radical (unpaired) electrons. The van der Waals surface area contributed by atoms with E-state index in [0.29, 0.717) is 11.6 Å². The predicted molar refractivity (Wildman–Crippen MR) is 69.4 cm³/mol. The van der Waals surface area contributed by atoms with Gasteiger partial charge in [-0.1, -0.05) is 13.8 Å². The molecule has 0 saturated carbocycles. The summed E-state index contributed by atoms with van der Waals surface area (Å²) in [4.78, 5) is 12.1. The number of halogens is 1. The first kappa shape index (κ1) is 14.0. The molecular weight excluding hydrogens is 238 g/mol. The molecule has 17 heavy (non-hydrogen) atoms. The molecule has 0 fully saturated rings. The summed E-state index contributed by atoms with van der Waals surface area (Å²) in [5.41, 5.74) is 1.08. The number of aromatic nitrogens is 2. The molecule has 0 aromatic carbocycles. The topological polar surface area (TPSA) is 46.9 Å². The highest BCUT2D eigenvalue weighted by atomic mass is 35.5. The number of hydrogen-bond donors (Lipinski definition) is 1. The molecule has 0 aliphatic rings. The average Bonchev–Trinajstić information content (AvgIpc) is 2.65. The van der Waals surface area contributed by atoms with Crippen LogP contribution in [0, 0.1) is 6.92 Å². The lowest BCUT2D eigenvalue weighted by Crippen LogP contribution is -2.49. The van der Waals surface area contributed by atoms with E-state index in [1.165, 1.54) is 0 Å². The van der Waals surface area contributed by atoms with E-state index >= 15 is 0 Å². The third kappa shape index (κ3) is 3.00. The Kier molecular flexibility index (Phi) is 4.57. The Balaban J connectivity index is 2.88.